The van der Waals surface area contributed by atoms with Gasteiger partial charge in [-0.05, 0) is 17.5 Å². The maximum absolute atomic E-state index is 12.6. The molecule has 1 aliphatic heterocycles. The van der Waals surface area contributed by atoms with Gasteiger partial charge < -0.3 is 9.30 Å². The summed E-state index contributed by atoms with van der Waals surface area (Å²) >= 11 is 1.53. The van der Waals surface area contributed by atoms with Crippen molar-refractivity contribution in [1.82, 2.24) is 14.5 Å². The summed E-state index contributed by atoms with van der Waals surface area (Å²) in [5, 5.41) is 3.58. The van der Waals surface area contributed by atoms with E-state index in [0.717, 1.165) is 44.3 Å². The molecule has 1 amide bonds. The summed E-state index contributed by atoms with van der Waals surface area (Å²) in [4.78, 5) is 20.5. The smallest absolute Gasteiger partial charge is 0.274 e. The van der Waals surface area contributed by atoms with E-state index in [2.05, 4.69) is 36.0 Å². The number of hydrogen-bond acceptors (Lipinski definition) is 5. The lowest BCUT2D eigenvalue weighted by atomic mass is 9.96. The number of nitrogens with zero attached hydrogens (tertiary/aromatic N) is 3. The Morgan fingerprint density at radius 3 is 2.76 bits per heavy atom. The average molecular weight is 362 g/mol. The molecule has 0 aromatic carbocycles. The van der Waals surface area contributed by atoms with E-state index >= 15 is 0 Å². The molecule has 6 nitrogen and oxygen atoms in total. The van der Waals surface area contributed by atoms with Gasteiger partial charge in [0.15, 0.2) is 5.13 Å². The minimum absolute atomic E-state index is 0.0407. The molecule has 0 atom stereocenters. The van der Waals surface area contributed by atoms with Crippen molar-refractivity contribution in [3.63, 3.8) is 0 Å². The normalized spacial score (nSPS) is 16.1. The number of carbonyl (C=O) groups is 1. The highest BCUT2D eigenvalue weighted by Gasteiger charge is 2.19. The maximum atomic E-state index is 12.6. The van der Waals surface area contributed by atoms with Crippen LogP contribution in [0, 0.1) is 0 Å². The van der Waals surface area contributed by atoms with Crippen LogP contribution in [0.15, 0.2) is 24.5 Å². The first kappa shape index (κ1) is 18.1. The Morgan fingerprint density at radius 1 is 1.32 bits per heavy atom. The Hall–Kier alpha value is -1.70. The van der Waals surface area contributed by atoms with Crippen LogP contribution in [0.1, 0.15) is 36.1 Å². The number of carbonyl (C=O) groups excluding carboxylic acids is 1. The first-order valence-corrected chi connectivity index (χ1v) is 9.48. The molecule has 1 saturated heterocycles. The molecular weight excluding hydrogens is 336 g/mol. The highest BCUT2D eigenvalue weighted by Crippen LogP contribution is 2.30. The Balaban J connectivity index is 1.61. The predicted octanol–water partition coefficient (Wildman–Crippen LogP) is 2.83. The number of nitrogens with one attached hydrogen (secondary N) is 1. The van der Waals surface area contributed by atoms with Crippen LogP contribution in [0.2, 0.25) is 0 Å². The van der Waals surface area contributed by atoms with Gasteiger partial charge in [-0.1, -0.05) is 20.8 Å². The van der Waals surface area contributed by atoms with Gasteiger partial charge >= 0.3 is 0 Å². The Labute approximate surface area is 152 Å². The maximum Gasteiger partial charge on any atom is 0.274 e. The predicted molar refractivity (Wildman–Crippen MR) is 100 cm³/mol. The summed E-state index contributed by atoms with van der Waals surface area (Å²) in [6.45, 7) is 11.6. The van der Waals surface area contributed by atoms with Crippen LogP contribution in [-0.4, -0.2) is 53.2 Å². The second-order valence-corrected chi connectivity index (χ2v) is 8.31. The lowest BCUT2D eigenvalue weighted by Gasteiger charge is -2.26. The van der Waals surface area contributed by atoms with Gasteiger partial charge in [0.05, 0.1) is 13.2 Å². The molecule has 7 heteroatoms. The van der Waals surface area contributed by atoms with Crippen molar-refractivity contribution in [3.8, 4) is 0 Å². The van der Waals surface area contributed by atoms with E-state index in [1.807, 2.05) is 29.1 Å². The second kappa shape index (κ2) is 7.68. The van der Waals surface area contributed by atoms with Gasteiger partial charge in [0.1, 0.15) is 5.69 Å². The highest BCUT2D eigenvalue weighted by atomic mass is 32.1. The van der Waals surface area contributed by atoms with Crippen LogP contribution in [0.25, 0.3) is 0 Å². The first-order chi connectivity index (χ1) is 11.9. The van der Waals surface area contributed by atoms with Crippen LogP contribution >= 0.6 is 11.3 Å². The van der Waals surface area contributed by atoms with E-state index in [-0.39, 0.29) is 11.3 Å². The minimum Gasteiger partial charge on any atom is -0.379 e. The molecule has 1 aliphatic rings. The molecule has 0 unspecified atom stereocenters. The molecule has 0 radical (unpaired) electrons. The fourth-order valence-corrected chi connectivity index (χ4v) is 3.60. The van der Waals surface area contributed by atoms with E-state index in [4.69, 9.17) is 4.74 Å². The van der Waals surface area contributed by atoms with Crippen LogP contribution in [-0.2, 0) is 16.7 Å². The number of ether oxygens (including phenoxy) is 1. The number of aromatic nitrogens is 2. The second-order valence-electron chi connectivity index (χ2n) is 7.27. The lowest BCUT2D eigenvalue weighted by molar-refractivity contribution is 0.0363. The van der Waals surface area contributed by atoms with Crippen LogP contribution in [0.5, 0.6) is 0 Å². The van der Waals surface area contributed by atoms with E-state index in [9.17, 15) is 4.79 Å². The summed E-state index contributed by atoms with van der Waals surface area (Å²) in [7, 11) is 0. The summed E-state index contributed by atoms with van der Waals surface area (Å²) in [6, 6.07) is 3.77. The molecule has 2 aromatic heterocycles. The Morgan fingerprint density at radius 2 is 2.08 bits per heavy atom. The number of anilines is 1. The van der Waals surface area contributed by atoms with Crippen LogP contribution in [0.4, 0.5) is 5.13 Å². The zero-order chi connectivity index (χ0) is 17.9. The fraction of sp³-hybridized carbons (Fsp3) is 0.556. The van der Waals surface area contributed by atoms with Crippen molar-refractivity contribution in [1.29, 1.82) is 0 Å². The van der Waals surface area contributed by atoms with Crippen LogP contribution in [0.3, 0.4) is 0 Å². The van der Waals surface area contributed by atoms with Gasteiger partial charge in [-0.2, -0.15) is 0 Å². The SMILES string of the molecule is CC(C)(C)c1cnc(NC(=O)c2cccn2CCN2CCOCC2)s1. The summed E-state index contributed by atoms with van der Waals surface area (Å²) in [5.41, 5.74) is 0.708. The summed E-state index contributed by atoms with van der Waals surface area (Å²) in [5.74, 6) is -0.109. The molecule has 3 heterocycles. The third-order valence-electron chi connectivity index (χ3n) is 4.29. The number of amides is 1. The topological polar surface area (TPSA) is 59.4 Å². The Kier molecular flexibility index (Phi) is 5.56. The summed E-state index contributed by atoms with van der Waals surface area (Å²) < 4.78 is 7.38. The molecule has 0 aliphatic carbocycles. The van der Waals surface area contributed by atoms with Crippen molar-refractivity contribution < 1.29 is 9.53 Å². The monoisotopic (exact) mass is 362 g/mol. The van der Waals surface area contributed by atoms with Crippen molar-refractivity contribution in [2.24, 2.45) is 0 Å². The van der Waals surface area contributed by atoms with E-state index in [0.29, 0.717) is 10.8 Å². The minimum atomic E-state index is -0.109. The Bertz CT molecular complexity index is 711. The molecular formula is C18H26N4O2S. The summed E-state index contributed by atoms with van der Waals surface area (Å²) in [6.07, 6.45) is 3.80. The molecule has 25 heavy (non-hydrogen) atoms. The molecule has 2 aromatic rings. The molecule has 0 bridgehead atoms. The first-order valence-electron chi connectivity index (χ1n) is 8.66. The van der Waals surface area contributed by atoms with Gasteiger partial charge in [-0.3, -0.25) is 15.0 Å². The fourth-order valence-electron chi connectivity index (χ4n) is 2.73. The van der Waals surface area contributed by atoms with Gasteiger partial charge in [0.25, 0.3) is 5.91 Å². The molecule has 0 saturated carbocycles. The molecule has 3 rings (SSSR count). The molecule has 1 N–H and O–H groups in total. The third kappa shape index (κ3) is 4.68. The molecule has 136 valence electrons. The van der Waals surface area contributed by atoms with Crippen LogP contribution < -0.4 is 5.32 Å². The van der Waals surface area contributed by atoms with E-state index in [1.165, 1.54) is 11.3 Å². The zero-order valence-corrected chi connectivity index (χ0v) is 15.9. The third-order valence-corrected chi connectivity index (χ3v) is 5.63. The standard InChI is InChI=1S/C18H26N4O2S/c1-18(2,3)15-13-19-17(25-15)20-16(23)14-5-4-6-22(14)8-7-21-9-11-24-12-10-21/h4-6,13H,7-12H2,1-3H3,(H,19,20,23). The van der Waals surface area contributed by atoms with Crippen molar-refractivity contribution in [3.05, 3.63) is 35.1 Å². The largest absolute Gasteiger partial charge is 0.379 e. The number of hydrogen-bond donors (Lipinski definition) is 1. The van der Waals surface area contributed by atoms with Gasteiger partial charge in [0.2, 0.25) is 0 Å². The zero-order valence-electron chi connectivity index (χ0n) is 15.1. The number of morpholine rings is 1. The van der Waals surface area contributed by atoms with E-state index in [1.54, 1.807) is 0 Å². The van der Waals surface area contributed by atoms with Crippen molar-refractivity contribution in [2.45, 2.75) is 32.7 Å². The molecule has 1 fully saturated rings. The van der Waals surface area contributed by atoms with Crippen molar-refractivity contribution in [2.75, 3.05) is 38.2 Å². The van der Waals surface area contributed by atoms with Crippen molar-refractivity contribution >= 4 is 22.4 Å². The van der Waals surface area contributed by atoms with E-state index < -0.39 is 0 Å². The number of rotatable bonds is 5. The highest BCUT2D eigenvalue weighted by molar-refractivity contribution is 7.15. The average Bonchev–Trinajstić information content (AvgIpc) is 3.22. The quantitative estimate of drug-likeness (QED) is 0.889. The molecule has 0 spiro atoms. The lowest BCUT2D eigenvalue weighted by Crippen LogP contribution is -2.38. The van der Waals surface area contributed by atoms with Gasteiger partial charge in [-0.15, -0.1) is 11.3 Å². The van der Waals surface area contributed by atoms with Gasteiger partial charge in [0, 0.05) is 43.4 Å². The number of thiazole rings is 1. The van der Waals surface area contributed by atoms with Gasteiger partial charge in [-0.25, -0.2) is 4.98 Å².